The first kappa shape index (κ1) is 33.1. The summed E-state index contributed by atoms with van der Waals surface area (Å²) in [5.41, 5.74) is -4.19. The van der Waals surface area contributed by atoms with Crippen LogP contribution in [0, 0.1) is 5.82 Å². The molecule has 1 aliphatic rings. The lowest BCUT2D eigenvalue weighted by atomic mass is 9.96. The third-order valence-corrected chi connectivity index (χ3v) is 5.21. The molecule has 1 saturated heterocycles. The van der Waals surface area contributed by atoms with Crippen molar-refractivity contribution < 1.29 is 32.2 Å². The van der Waals surface area contributed by atoms with Crippen molar-refractivity contribution in [2.24, 2.45) is 0 Å². The number of amides is 1. The summed E-state index contributed by atoms with van der Waals surface area (Å²) in [5, 5.41) is 16.0. The van der Waals surface area contributed by atoms with Gasteiger partial charge in [-0.2, -0.15) is 13.2 Å². The van der Waals surface area contributed by atoms with Gasteiger partial charge in [0.15, 0.2) is 0 Å². The minimum Gasteiger partial charge on any atom is -0.444 e. The molecule has 0 radical (unpaired) electrons. The molecule has 11 heteroatoms. The molecule has 0 bridgehead atoms. The van der Waals surface area contributed by atoms with Gasteiger partial charge in [0.25, 0.3) is 0 Å². The highest BCUT2D eigenvalue weighted by Crippen LogP contribution is 2.40. The van der Waals surface area contributed by atoms with Crippen LogP contribution in [0.2, 0.25) is 0 Å². The van der Waals surface area contributed by atoms with Crippen molar-refractivity contribution in [1.82, 2.24) is 15.6 Å². The average Bonchev–Trinajstić information content (AvgIpc) is 2.88. The van der Waals surface area contributed by atoms with E-state index in [0.29, 0.717) is 37.4 Å². The molecule has 2 aromatic rings. The fraction of sp³-hybridized carbons (Fsp3) is 0.556. The molecule has 1 amide bonds. The van der Waals surface area contributed by atoms with Gasteiger partial charge in [-0.15, -0.1) is 0 Å². The number of piperazine rings is 1. The average molecular weight is 545 g/mol. The van der Waals surface area contributed by atoms with E-state index in [9.17, 15) is 27.5 Å². The third kappa shape index (κ3) is 9.13. The Morgan fingerprint density at radius 3 is 2.11 bits per heavy atom. The molecule has 0 aliphatic carbocycles. The van der Waals surface area contributed by atoms with E-state index in [2.05, 4.69) is 10.3 Å². The molecule has 2 heterocycles. The monoisotopic (exact) mass is 544 g/mol. The van der Waals surface area contributed by atoms with E-state index in [1.54, 1.807) is 26.8 Å². The maximum absolute atomic E-state index is 14.2. The van der Waals surface area contributed by atoms with E-state index >= 15 is 0 Å². The van der Waals surface area contributed by atoms with Gasteiger partial charge in [0.2, 0.25) is 5.60 Å². The number of nitrogens with one attached hydrogen (secondary N) is 2. The molecule has 0 saturated carbocycles. The molecule has 0 spiro atoms. The predicted octanol–water partition coefficient (Wildman–Crippen LogP) is 5.62. The van der Waals surface area contributed by atoms with Crippen LogP contribution in [-0.4, -0.2) is 60.7 Å². The Kier molecular flexibility index (Phi) is 12.5. The number of hydrogen-bond donors (Lipinski definition) is 3. The Bertz CT molecular complexity index is 1000. The van der Waals surface area contributed by atoms with Crippen molar-refractivity contribution in [3.05, 3.63) is 47.9 Å². The molecule has 7 nitrogen and oxygen atoms in total. The number of nitrogens with zero attached hydrogens (tertiary/aromatic N) is 2. The molecule has 38 heavy (non-hydrogen) atoms. The number of rotatable bonds is 5. The summed E-state index contributed by atoms with van der Waals surface area (Å²) in [6, 6.07) is 7.91. The molecule has 1 aromatic carbocycles. The van der Waals surface area contributed by atoms with Crippen LogP contribution in [0.3, 0.4) is 0 Å². The largest absolute Gasteiger partial charge is 0.444 e. The summed E-state index contributed by atoms with van der Waals surface area (Å²) in [5.74, 6) is -0.504. The van der Waals surface area contributed by atoms with E-state index in [4.69, 9.17) is 4.74 Å². The van der Waals surface area contributed by atoms with Crippen molar-refractivity contribution in [1.29, 1.82) is 0 Å². The number of anilines is 1. The maximum Gasteiger partial charge on any atom is 0.424 e. The molecule has 1 aliphatic heterocycles. The van der Waals surface area contributed by atoms with E-state index < -0.39 is 41.5 Å². The molecule has 3 rings (SSSR count). The normalized spacial score (nSPS) is 15.2. The van der Waals surface area contributed by atoms with Crippen molar-refractivity contribution in [2.45, 2.75) is 65.8 Å². The SMILES string of the molecule is CC.CC.CC(C)(C)OC(=O)NCC(O)(c1cc(N2CCNCC2)cc(-c2ccc(F)cc2)n1)C(F)(F)F. The van der Waals surface area contributed by atoms with Gasteiger partial charge in [0, 0.05) is 37.4 Å². The Hall–Kier alpha value is -2.92. The van der Waals surface area contributed by atoms with Crippen molar-refractivity contribution >= 4 is 11.8 Å². The van der Waals surface area contributed by atoms with Gasteiger partial charge in [0.05, 0.1) is 17.9 Å². The van der Waals surface area contributed by atoms with E-state index in [0.717, 1.165) is 0 Å². The first-order chi connectivity index (χ1) is 17.8. The number of alkyl halides is 3. The Morgan fingerprint density at radius 2 is 1.61 bits per heavy atom. The second-order valence-electron chi connectivity index (χ2n) is 9.05. The van der Waals surface area contributed by atoms with Crippen LogP contribution >= 0.6 is 0 Å². The second kappa shape index (κ2) is 14.3. The molecule has 3 N–H and O–H groups in total. The summed E-state index contributed by atoms with van der Waals surface area (Å²) in [6.07, 6.45) is -6.27. The van der Waals surface area contributed by atoms with E-state index in [-0.39, 0.29) is 5.69 Å². The number of benzene rings is 1. The van der Waals surface area contributed by atoms with Crippen LogP contribution in [-0.2, 0) is 10.3 Å². The lowest BCUT2D eigenvalue weighted by Crippen LogP contribution is -2.52. The number of aliphatic hydroxyl groups is 1. The molecular weight excluding hydrogens is 504 g/mol. The van der Waals surface area contributed by atoms with Gasteiger partial charge in [-0.05, 0) is 57.2 Å². The maximum atomic E-state index is 14.2. The number of carbonyl (C=O) groups is 1. The van der Waals surface area contributed by atoms with Gasteiger partial charge in [-0.3, -0.25) is 0 Å². The number of hydrogen-bond acceptors (Lipinski definition) is 6. The Balaban J connectivity index is 0.00000172. The molecule has 1 aromatic heterocycles. The zero-order valence-corrected chi connectivity index (χ0v) is 23.2. The van der Waals surface area contributed by atoms with Crippen LogP contribution in [0.4, 0.5) is 28.0 Å². The smallest absolute Gasteiger partial charge is 0.424 e. The molecular formula is C27H40F4N4O3. The van der Waals surface area contributed by atoms with Gasteiger partial charge < -0.3 is 25.4 Å². The predicted molar refractivity (Wildman–Crippen MR) is 142 cm³/mol. The van der Waals surface area contributed by atoms with Crippen LogP contribution < -0.4 is 15.5 Å². The summed E-state index contributed by atoms with van der Waals surface area (Å²) in [6.45, 7) is 13.8. The second-order valence-corrected chi connectivity index (χ2v) is 9.05. The third-order valence-electron chi connectivity index (χ3n) is 5.21. The zero-order valence-electron chi connectivity index (χ0n) is 23.2. The van der Waals surface area contributed by atoms with Gasteiger partial charge in [0.1, 0.15) is 11.4 Å². The van der Waals surface area contributed by atoms with Crippen LogP contribution in [0.5, 0.6) is 0 Å². The highest BCUT2D eigenvalue weighted by molar-refractivity contribution is 5.68. The topological polar surface area (TPSA) is 86.7 Å². The lowest BCUT2D eigenvalue weighted by Gasteiger charge is -2.33. The number of halogens is 4. The number of aromatic nitrogens is 1. The van der Waals surface area contributed by atoms with Crippen LogP contribution in [0.15, 0.2) is 36.4 Å². The first-order valence-electron chi connectivity index (χ1n) is 12.8. The van der Waals surface area contributed by atoms with Gasteiger partial charge in [-0.1, -0.05) is 27.7 Å². The quantitative estimate of drug-likeness (QED) is 0.424. The summed E-state index contributed by atoms with van der Waals surface area (Å²) in [4.78, 5) is 18.0. The standard InChI is InChI=1S/C23H28F4N4O3.2C2H6/c1-21(2,3)34-20(32)29-14-22(33,23(25,26)27)19-13-17(31-10-8-28-9-11-31)12-18(30-19)15-4-6-16(24)7-5-15;2*1-2/h4-7,12-13,28,33H,8-11,14H2,1-3H3,(H,29,32);2*1-2H3. The minimum absolute atomic E-state index is 0.131. The number of carbonyl (C=O) groups excluding carboxylic acids is 1. The highest BCUT2D eigenvalue weighted by Gasteiger charge is 2.56. The van der Waals surface area contributed by atoms with E-state index in [1.165, 1.54) is 30.3 Å². The highest BCUT2D eigenvalue weighted by atomic mass is 19.4. The van der Waals surface area contributed by atoms with Gasteiger partial charge >= 0.3 is 12.3 Å². The van der Waals surface area contributed by atoms with E-state index in [1.807, 2.05) is 37.9 Å². The molecule has 1 fully saturated rings. The van der Waals surface area contributed by atoms with Crippen LogP contribution in [0.25, 0.3) is 11.3 Å². The fourth-order valence-corrected chi connectivity index (χ4v) is 3.45. The fourth-order valence-electron chi connectivity index (χ4n) is 3.45. The number of alkyl carbamates (subject to hydrolysis) is 1. The van der Waals surface area contributed by atoms with Crippen LogP contribution in [0.1, 0.15) is 54.2 Å². The molecule has 1 unspecified atom stereocenters. The summed E-state index contributed by atoms with van der Waals surface area (Å²) >= 11 is 0. The minimum atomic E-state index is -5.17. The lowest BCUT2D eigenvalue weighted by molar-refractivity contribution is -0.265. The van der Waals surface area contributed by atoms with Gasteiger partial charge in [-0.25, -0.2) is 14.2 Å². The van der Waals surface area contributed by atoms with Crippen molar-refractivity contribution in [3.8, 4) is 11.3 Å². The first-order valence-corrected chi connectivity index (χ1v) is 12.8. The zero-order chi connectivity index (χ0) is 29.1. The summed E-state index contributed by atoms with van der Waals surface area (Å²) in [7, 11) is 0. The molecule has 214 valence electrons. The van der Waals surface area contributed by atoms with Crippen molar-refractivity contribution in [3.63, 3.8) is 0 Å². The number of pyridine rings is 1. The molecule has 1 atom stereocenters. The summed E-state index contributed by atoms with van der Waals surface area (Å²) < 4.78 is 61.0. The number of ether oxygens (including phenoxy) is 1. The van der Waals surface area contributed by atoms with Crippen molar-refractivity contribution in [2.75, 3.05) is 37.6 Å². The Morgan fingerprint density at radius 1 is 1.05 bits per heavy atom. The Labute approximate surface area is 222 Å².